The number of fused-ring (bicyclic) bond motifs is 1. The fraction of sp³-hybridized carbons (Fsp3) is 0.0833. The Balaban J connectivity index is 1.52. The van der Waals surface area contributed by atoms with Gasteiger partial charge in [-0.25, -0.2) is 4.79 Å². The number of benzene rings is 3. The van der Waals surface area contributed by atoms with Crippen molar-refractivity contribution in [1.29, 1.82) is 0 Å². The van der Waals surface area contributed by atoms with E-state index in [0.29, 0.717) is 16.3 Å². The summed E-state index contributed by atoms with van der Waals surface area (Å²) in [5.41, 5.74) is 1.97. The summed E-state index contributed by atoms with van der Waals surface area (Å²) in [6, 6.07) is 18.3. The lowest BCUT2D eigenvalue weighted by Crippen LogP contribution is -2.16. The third-order valence-corrected chi connectivity index (χ3v) is 5.45. The van der Waals surface area contributed by atoms with E-state index in [4.69, 9.17) is 16.3 Å². The van der Waals surface area contributed by atoms with E-state index in [2.05, 4.69) is 10.3 Å². The summed E-state index contributed by atoms with van der Waals surface area (Å²) in [5.74, 6) is -1.25. The number of halogens is 1. The average molecular weight is 464 g/mol. The number of ketones is 1. The van der Waals surface area contributed by atoms with E-state index in [9.17, 15) is 19.7 Å². The number of anilines is 1. The summed E-state index contributed by atoms with van der Waals surface area (Å²) in [5, 5.41) is 15.5. The number of carbonyl (C=O) groups is 2. The number of hydrogen-bond donors (Lipinski definition) is 2. The van der Waals surface area contributed by atoms with Crippen molar-refractivity contribution in [2.24, 2.45) is 0 Å². The Kier molecular flexibility index (Phi) is 6.37. The first-order valence-electron chi connectivity index (χ1n) is 9.96. The van der Waals surface area contributed by atoms with Crippen molar-refractivity contribution < 1.29 is 19.2 Å². The number of nitrogens with one attached hydrogen (secondary N) is 2. The smallest absolute Gasteiger partial charge is 0.340 e. The Hall–Kier alpha value is -4.17. The standard InChI is InChI=1S/C24H18ClN3O5/c25-20-7-3-1-5-15(20)12-26-22-10-9-16(28(31)32)11-18(22)24(30)33-14-23(29)19-13-27-21-8-4-2-6-17(19)21/h1-11,13,26-27H,12,14H2. The van der Waals surface area contributed by atoms with Crippen LogP contribution in [-0.2, 0) is 11.3 Å². The van der Waals surface area contributed by atoms with Crippen LogP contribution in [0.5, 0.6) is 0 Å². The second-order valence-corrected chi connectivity index (χ2v) is 7.59. The van der Waals surface area contributed by atoms with Gasteiger partial charge in [-0.15, -0.1) is 0 Å². The van der Waals surface area contributed by atoms with Crippen LogP contribution in [0.4, 0.5) is 11.4 Å². The number of carbonyl (C=O) groups excluding carboxylic acids is 2. The zero-order chi connectivity index (χ0) is 23.4. The van der Waals surface area contributed by atoms with Crippen LogP contribution in [0.25, 0.3) is 10.9 Å². The molecule has 0 radical (unpaired) electrons. The number of esters is 1. The van der Waals surface area contributed by atoms with Crippen molar-refractivity contribution in [3.63, 3.8) is 0 Å². The molecule has 0 aliphatic rings. The number of hydrogen-bond acceptors (Lipinski definition) is 6. The van der Waals surface area contributed by atoms with E-state index in [1.165, 1.54) is 12.1 Å². The van der Waals surface area contributed by atoms with Gasteiger partial charge in [-0.1, -0.05) is 48.0 Å². The molecule has 0 aliphatic carbocycles. The van der Waals surface area contributed by atoms with Crippen molar-refractivity contribution in [3.8, 4) is 0 Å². The van der Waals surface area contributed by atoms with E-state index in [0.717, 1.165) is 22.5 Å². The predicted molar refractivity (Wildman–Crippen MR) is 125 cm³/mol. The van der Waals surface area contributed by atoms with Gasteiger partial charge in [0.15, 0.2) is 6.61 Å². The minimum atomic E-state index is -0.853. The minimum absolute atomic E-state index is 0.0528. The van der Waals surface area contributed by atoms with Crippen molar-refractivity contribution >= 4 is 45.6 Å². The Morgan fingerprint density at radius 1 is 1.03 bits per heavy atom. The molecule has 33 heavy (non-hydrogen) atoms. The van der Waals surface area contributed by atoms with Crippen molar-refractivity contribution in [2.45, 2.75) is 6.54 Å². The van der Waals surface area contributed by atoms with E-state index in [-0.39, 0.29) is 17.8 Å². The summed E-state index contributed by atoms with van der Waals surface area (Å²) in [6.07, 6.45) is 1.56. The number of aromatic amines is 1. The maximum atomic E-state index is 12.8. The van der Waals surface area contributed by atoms with Crippen molar-refractivity contribution in [1.82, 2.24) is 4.98 Å². The normalized spacial score (nSPS) is 10.7. The molecule has 0 atom stereocenters. The number of para-hydroxylation sites is 1. The molecular weight excluding hydrogens is 446 g/mol. The molecule has 2 N–H and O–H groups in total. The van der Waals surface area contributed by atoms with E-state index in [1.54, 1.807) is 30.5 Å². The molecule has 0 aliphatic heterocycles. The second kappa shape index (κ2) is 9.54. The number of non-ortho nitro benzene ring substituents is 1. The molecule has 3 aromatic carbocycles. The molecule has 4 rings (SSSR count). The maximum Gasteiger partial charge on any atom is 0.340 e. The van der Waals surface area contributed by atoms with Gasteiger partial charge in [0.2, 0.25) is 5.78 Å². The topological polar surface area (TPSA) is 114 Å². The van der Waals surface area contributed by atoms with Gasteiger partial charge in [0.25, 0.3) is 5.69 Å². The lowest BCUT2D eigenvalue weighted by atomic mass is 10.1. The minimum Gasteiger partial charge on any atom is -0.454 e. The van der Waals surface area contributed by atoms with Gasteiger partial charge in [0.05, 0.1) is 10.5 Å². The summed E-state index contributed by atoms with van der Waals surface area (Å²) in [4.78, 5) is 39.0. The van der Waals surface area contributed by atoms with Crippen LogP contribution in [0.2, 0.25) is 5.02 Å². The third-order valence-electron chi connectivity index (χ3n) is 5.09. The number of nitro benzene ring substituents is 1. The summed E-state index contributed by atoms with van der Waals surface area (Å²) in [7, 11) is 0. The predicted octanol–water partition coefficient (Wildman–Crippen LogP) is 5.38. The summed E-state index contributed by atoms with van der Waals surface area (Å²) < 4.78 is 5.22. The van der Waals surface area contributed by atoms with Crippen LogP contribution in [0.15, 0.2) is 72.9 Å². The van der Waals surface area contributed by atoms with Crippen LogP contribution in [0.3, 0.4) is 0 Å². The van der Waals surface area contributed by atoms with Gasteiger partial charge in [-0.2, -0.15) is 0 Å². The molecule has 0 saturated carbocycles. The number of ether oxygens (including phenoxy) is 1. The number of Topliss-reactive ketones (excluding diaryl/α,β-unsaturated/α-hetero) is 1. The van der Waals surface area contributed by atoms with Gasteiger partial charge in [0.1, 0.15) is 0 Å². The van der Waals surface area contributed by atoms with E-state index >= 15 is 0 Å². The molecule has 0 bridgehead atoms. The molecule has 0 amide bonds. The SMILES string of the molecule is O=C(OCC(=O)c1c[nH]c2ccccc12)c1cc([N+](=O)[O-])ccc1NCc1ccccc1Cl. The molecular formula is C24H18ClN3O5. The molecule has 8 nitrogen and oxygen atoms in total. The quantitative estimate of drug-likeness (QED) is 0.157. The molecule has 0 unspecified atom stereocenters. The van der Waals surface area contributed by atoms with Crippen molar-refractivity contribution in [3.05, 3.63) is 105 Å². The molecule has 0 fully saturated rings. The largest absolute Gasteiger partial charge is 0.454 e. The molecule has 1 heterocycles. The van der Waals surface area contributed by atoms with Crippen LogP contribution in [0.1, 0.15) is 26.3 Å². The van der Waals surface area contributed by atoms with Crippen LogP contribution in [-0.4, -0.2) is 28.3 Å². The lowest BCUT2D eigenvalue weighted by Gasteiger charge is -2.12. The van der Waals surface area contributed by atoms with Gasteiger partial charge in [-0.3, -0.25) is 14.9 Å². The maximum absolute atomic E-state index is 12.8. The highest BCUT2D eigenvalue weighted by atomic mass is 35.5. The number of rotatable bonds is 8. The third kappa shape index (κ3) is 4.86. The fourth-order valence-corrected chi connectivity index (χ4v) is 3.59. The van der Waals surface area contributed by atoms with Gasteiger partial charge >= 0.3 is 5.97 Å². The van der Waals surface area contributed by atoms with Crippen LogP contribution >= 0.6 is 11.6 Å². The highest BCUT2D eigenvalue weighted by Crippen LogP contribution is 2.25. The van der Waals surface area contributed by atoms with E-state index < -0.39 is 23.3 Å². The Morgan fingerprint density at radius 3 is 2.58 bits per heavy atom. The highest BCUT2D eigenvalue weighted by Gasteiger charge is 2.20. The van der Waals surface area contributed by atoms with Crippen LogP contribution in [0, 0.1) is 10.1 Å². The Bertz CT molecular complexity index is 1370. The number of aromatic nitrogens is 1. The zero-order valence-corrected chi connectivity index (χ0v) is 18.0. The summed E-state index contributed by atoms with van der Waals surface area (Å²) in [6.45, 7) is -0.223. The lowest BCUT2D eigenvalue weighted by molar-refractivity contribution is -0.384. The molecule has 4 aromatic rings. The van der Waals surface area contributed by atoms with Gasteiger partial charge in [-0.05, 0) is 23.8 Å². The zero-order valence-electron chi connectivity index (χ0n) is 17.2. The number of nitro groups is 1. The molecule has 9 heteroatoms. The molecule has 0 saturated heterocycles. The van der Waals surface area contributed by atoms with Gasteiger partial charge < -0.3 is 15.0 Å². The van der Waals surface area contributed by atoms with E-state index in [1.807, 2.05) is 24.3 Å². The Labute approximate surface area is 193 Å². The first-order valence-corrected chi connectivity index (χ1v) is 10.3. The average Bonchev–Trinajstić information content (AvgIpc) is 3.26. The number of nitrogens with zero attached hydrogens (tertiary/aromatic N) is 1. The molecule has 166 valence electrons. The van der Waals surface area contributed by atoms with Crippen molar-refractivity contribution in [2.75, 3.05) is 11.9 Å². The Morgan fingerprint density at radius 2 is 1.79 bits per heavy atom. The first-order chi connectivity index (χ1) is 15.9. The van der Waals surface area contributed by atoms with Crippen LogP contribution < -0.4 is 5.32 Å². The molecule has 0 spiro atoms. The molecule has 1 aromatic heterocycles. The van der Waals surface area contributed by atoms with Gasteiger partial charge in [0, 0.05) is 52.1 Å². The highest BCUT2D eigenvalue weighted by molar-refractivity contribution is 6.31. The monoisotopic (exact) mass is 463 g/mol. The summed E-state index contributed by atoms with van der Waals surface area (Å²) >= 11 is 6.17. The second-order valence-electron chi connectivity index (χ2n) is 7.18. The first kappa shape index (κ1) is 22.0. The number of H-pyrrole nitrogens is 1. The fourth-order valence-electron chi connectivity index (χ4n) is 3.39.